The highest BCUT2D eigenvalue weighted by molar-refractivity contribution is 6.35. The Morgan fingerprint density at radius 3 is 2.52 bits per heavy atom. The van der Waals surface area contributed by atoms with Gasteiger partial charge in [0.15, 0.2) is 0 Å². The third-order valence-electron chi connectivity index (χ3n) is 4.23. The van der Waals surface area contributed by atoms with Crippen molar-refractivity contribution in [3.8, 4) is 0 Å². The molecule has 1 heterocycles. The van der Waals surface area contributed by atoms with Crippen LogP contribution in [0.25, 0.3) is 0 Å². The Morgan fingerprint density at radius 2 is 1.83 bits per heavy atom. The number of carbonyl (C=O) groups excluding carboxylic acids is 1. The van der Waals surface area contributed by atoms with Crippen molar-refractivity contribution < 1.29 is 14.3 Å². The van der Waals surface area contributed by atoms with Gasteiger partial charge < -0.3 is 14.0 Å². The molecule has 0 aliphatic heterocycles. The number of benzene rings is 2. The first-order chi connectivity index (χ1) is 14.0. The lowest BCUT2D eigenvalue weighted by molar-refractivity contribution is 0.0165. The molecule has 3 aromatic rings. The lowest BCUT2D eigenvalue weighted by Crippen LogP contribution is -2.18. The Balaban J connectivity index is 1.56. The first-order valence-electron chi connectivity index (χ1n) is 9.00. The monoisotopic (exact) mass is 452 g/mol. The topological polar surface area (TPSA) is 53.4 Å². The van der Waals surface area contributed by atoms with E-state index in [4.69, 9.17) is 44.3 Å². The van der Waals surface area contributed by atoms with Crippen LogP contribution in [-0.4, -0.2) is 22.3 Å². The molecule has 0 N–H and O–H groups in total. The highest BCUT2D eigenvalue weighted by Gasteiger charge is 2.21. The van der Waals surface area contributed by atoms with Gasteiger partial charge in [0.25, 0.3) is 0 Å². The van der Waals surface area contributed by atoms with E-state index >= 15 is 0 Å². The molecule has 0 saturated carbocycles. The summed E-state index contributed by atoms with van der Waals surface area (Å²) in [5, 5.41) is 1.61. The average Bonchev–Trinajstić information content (AvgIpc) is 3.19. The zero-order chi connectivity index (χ0) is 20.6. The Hall–Kier alpha value is -2.21. The lowest BCUT2D eigenvalue weighted by Gasteiger charge is -2.20. The molecule has 1 aromatic heterocycles. The molecule has 29 heavy (non-hydrogen) atoms. The molecule has 0 amide bonds. The first kappa shape index (κ1) is 21.5. The molecule has 0 bridgehead atoms. The second kappa shape index (κ2) is 10.5. The summed E-state index contributed by atoms with van der Waals surface area (Å²) in [6.07, 6.45) is 5.11. The van der Waals surface area contributed by atoms with E-state index in [1.165, 1.54) is 0 Å². The van der Waals surface area contributed by atoms with Crippen LogP contribution in [0.2, 0.25) is 15.1 Å². The fraction of sp³-hybridized carbons (Fsp3) is 0.238. The largest absolute Gasteiger partial charge is 0.508 e. The maximum absolute atomic E-state index is 12.2. The Labute approximate surface area is 184 Å². The summed E-state index contributed by atoms with van der Waals surface area (Å²) in [7, 11) is 0. The number of rotatable bonds is 8. The minimum absolute atomic E-state index is 0.244. The van der Waals surface area contributed by atoms with Crippen molar-refractivity contribution in [1.82, 2.24) is 9.55 Å². The van der Waals surface area contributed by atoms with Gasteiger partial charge in [-0.3, -0.25) is 0 Å². The molecule has 0 fully saturated rings. The summed E-state index contributed by atoms with van der Waals surface area (Å²) >= 11 is 18.2. The molecule has 152 valence electrons. The number of aryl methyl sites for hydroxylation is 1. The predicted octanol–water partition coefficient (Wildman–Crippen LogP) is 6.37. The van der Waals surface area contributed by atoms with E-state index in [9.17, 15) is 4.79 Å². The first-order valence-corrected chi connectivity index (χ1v) is 10.1. The Morgan fingerprint density at radius 1 is 1.07 bits per heavy atom. The summed E-state index contributed by atoms with van der Waals surface area (Å²) in [6, 6.07) is 12.6. The zero-order valence-corrected chi connectivity index (χ0v) is 17.7. The van der Waals surface area contributed by atoms with Gasteiger partial charge in [0, 0.05) is 33.0 Å². The van der Waals surface area contributed by atoms with Crippen LogP contribution in [0.5, 0.6) is 0 Å². The van der Waals surface area contributed by atoms with E-state index in [1.807, 2.05) is 24.3 Å². The highest BCUT2D eigenvalue weighted by atomic mass is 35.5. The summed E-state index contributed by atoms with van der Waals surface area (Å²) in [6.45, 7) is 0.592. The van der Waals surface area contributed by atoms with E-state index in [-0.39, 0.29) is 6.61 Å². The standard InChI is InChI=1S/C21H19Cl3N2O3/c22-16-5-3-15(4-6-16)2-1-11-28-21(27)29-20(13-26-10-9-25-14-26)18-8-7-17(23)12-19(18)24/h3-10,12,14,20H,1-2,11,13H2. The van der Waals surface area contributed by atoms with Crippen molar-refractivity contribution in [3.63, 3.8) is 0 Å². The number of imidazole rings is 1. The SMILES string of the molecule is O=C(OCCCc1ccc(Cl)cc1)OC(Cn1ccnc1)c1ccc(Cl)cc1Cl. The summed E-state index contributed by atoms with van der Waals surface area (Å²) in [4.78, 5) is 16.2. The Bertz CT molecular complexity index is 931. The number of aromatic nitrogens is 2. The molecule has 1 atom stereocenters. The number of carbonyl (C=O) groups is 1. The van der Waals surface area contributed by atoms with E-state index < -0.39 is 12.3 Å². The molecule has 0 radical (unpaired) electrons. The molecule has 8 heteroatoms. The fourth-order valence-electron chi connectivity index (χ4n) is 2.78. The van der Waals surface area contributed by atoms with Gasteiger partial charge in [-0.1, -0.05) is 53.0 Å². The Kier molecular flexibility index (Phi) is 7.81. The number of halogens is 3. The van der Waals surface area contributed by atoms with Gasteiger partial charge in [0.05, 0.1) is 19.5 Å². The number of ether oxygens (including phenoxy) is 2. The van der Waals surface area contributed by atoms with Crippen LogP contribution in [-0.2, 0) is 22.4 Å². The molecular formula is C21H19Cl3N2O3. The van der Waals surface area contributed by atoms with Gasteiger partial charge in [-0.05, 0) is 42.7 Å². The van der Waals surface area contributed by atoms with Crippen LogP contribution in [0.1, 0.15) is 23.7 Å². The molecule has 1 unspecified atom stereocenters. The summed E-state index contributed by atoms with van der Waals surface area (Å²) in [5.74, 6) is 0. The maximum Gasteiger partial charge on any atom is 0.508 e. The predicted molar refractivity (Wildman–Crippen MR) is 114 cm³/mol. The van der Waals surface area contributed by atoms with Crippen LogP contribution >= 0.6 is 34.8 Å². The third-order valence-corrected chi connectivity index (χ3v) is 5.04. The van der Waals surface area contributed by atoms with Gasteiger partial charge in [-0.25, -0.2) is 9.78 Å². The molecular weight excluding hydrogens is 435 g/mol. The summed E-state index contributed by atoms with van der Waals surface area (Å²) in [5.41, 5.74) is 1.76. The zero-order valence-electron chi connectivity index (χ0n) is 15.4. The molecule has 5 nitrogen and oxygen atoms in total. The van der Waals surface area contributed by atoms with Crippen LogP contribution < -0.4 is 0 Å². The molecule has 3 rings (SSSR count). The van der Waals surface area contributed by atoms with E-state index in [0.717, 1.165) is 12.0 Å². The van der Waals surface area contributed by atoms with Crippen molar-refractivity contribution in [2.75, 3.05) is 6.61 Å². The lowest BCUT2D eigenvalue weighted by atomic mass is 10.1. The number of hydrogen-bond donors (Lipinski definition) is 0. The molecule has 0 saturated heterocycles. The maximum atomic E-state index is 12.2. The second-order valence-corrected chi connectivity index (χ2v) is 7.64. The molecule has 0 spiro atoms. The van der Waals surface area contributed by atoms with Crippen LogP contribution in [0.4, 0.5) is 4.79 Å². The average molecular weight is 454 g/mol. The van der Waals surface area contributed by atoms with Crippen molar-refractivity contribution >= 4 is 41.0 Å². The normalized spacial score (nSPS) is 11.8. The van der Waals surface area contributed by atoms with E-state index in [0.29, 0.717) is 33.6 Å². The minimum atomic E-state index is -0.753. The van der Waals surface area contributed by atoms with Crippen molar-refractivity contribution in [3.05, 3.63) is 87.4 Å². The fourth-order valence-corrected chi connectivity index (χ4v) is 3.44. The van der Waals surface area contributed by atoms with E-state index in [2.05, 4.69) is 4.98 Å². The van der Waals surface area contributed by atoms with Crippen LogP contribution in [0.15, 0.2) is 61.2 Å². The minimum Gasteiger partial charge on any atom is -0.434 e. The van der Waals surface area contributed by atoms with Crippen molar-refractivity contribution in [2.24, 2.45) is 0 Å². The van der Waals surface area contributed by atoms with Crippen molar-refractivity contribution in [1.29, 1.82) is 0 Å². The van der Waals surface area contributed by atoms with Gasteiger partial charge in [0.2, 0.25) is 0 Å². The van der Waals surface area contributed by atoms with Crippen LogP contribution in [0.3, 0.4) is 0 Å². The molecule has 0 aliphatic carbocycles. The highest BCUT2D eigenvalue weighted by Crippen LogP contribution is 2.30. The smallest absolute Gasteiger partial charge is 0.434 e. The second-order valence-electron chi connectivity index (χ2n) is 6.36. The van der Waals surface area contributed by atoms with Gasteiger partial charge in [-0.2, -0.15) is 0 Å². The number of hydrogen-bond acceptors (Lipinski definition) is 4. The van der Waals surface area contributed by atoms with E-state index in [1.54, 1.807) is 41.5 Å². The third kappa shape index (κ3) is 6.67. The molecule has 0 aliphatic rings. The molecule has 2 aromatic carbocycles. The van der Waals surface area contributed by atoms with Gasteiger partial charge in [0.1, 0.15) is 6.10 Å². The van der Waals surface area contributed by atoms with Gasteiger partial charge in [-0.15, -0.1) is 0 Å². The number of nitrogens with zero attached hydrogens (tertiary/aromatic N) is 2. The van der Waals surface area contributed by atoms with Crippen molar-refractivity contribution in [2.45, 2.75) is 25.5 Å². The van der Waals surface area contributed by atoms with Gasteiger partial charge >= 0.3 is 6.16 Å². The van der Waals surface area contributed by atoms with Crippen LogP contribution in [0, 0.1) is 0 Å². The quantitative estimate of drug-likeness (QED) is 0.294. The summed E-state index contributed by atoms with van der Waals surface area (Å²) < 4.78 is 12.6.